The molecule has 1 aliphatic heterocycles. The second-order valence-corrected chi connectivity index (χ2v) is 5.62. The Morgan fingerprint density at radius 1 is 1.00 bits per heavy atom. The highest BCUT2D eigenvalue weighted by Crippen LogP contribution is 2.22. The molecule has 2 aromatic carbocycles. The quantitative estimate of drug-likeness (QED) is 0.850. The molecule has 3 nitrogen and oxygen atoms in total. The Kier molecular flexibility index (Phi) is 4.86. The van der Waals surface area contributed by atoms with Crippen LogP contribution in [0, 0.1) is 0 Å². The maximum atomic E-state index is 12.9. The molecule has 1 saturated heterocycles. The van der Waals surface area contributed by atoms with E-state index in [4.69, 9.17) is 4.74 Å². The average molecular weight is 295 g/mol. The normalized spacial score (nSPS) is 19.4. The Morgan fingerprint density at radius 3 is 2.32 bits per heavy atom. The fourth-order valence-electron chi connectivity index (χ4n) is 2.85. The zero-order chi connectivity index (χ0) is 15.2. The van der Waals surface area contributed by atoms with E-state index in [2.05, 4.69) is 5.32 Å². The van der Waals surface area contributed by atoms with Gasteiger partial charge in [-0.05, 0) is 31.4 Å². The third-order valence-corrected chi connectivity index (χ3v) is 4.02. The van der Waals surface area contributed by atoms with Crippen molar-refractivity contribution in [1.82, 2.24) is 0 Å². The molecule has 3 heteroatoms. The Labute approximate surface area is 131 Å². The van der Waals surface area contributed by atoms with E-state index >= 15 is 0 Å². The van der Waals surface area contributed by atoms with Crippen molar-refractivity contribution < 1.29 is 9.53 Å². The van der Waals surface area contributed by atoms with Crippen LogP contribution in [0.4, 0.5) is 5.69 Å². The maximum Gasteiger partial charge on any atom is 0.187 e. The van der Waals surface area contributed by atoms with Gasteiger partial charge >= 0.3 is 0 Å². The number of hydrogen-bond donors (Lipinski definition) is 1. The van der Waals surface area contributed by atoms with Crippen LogP contribution < -0.4 is 5.32 Å². The van der Waals surface area contributed by atoms with Gasteiger partial charge in [-0.1, -0.05) is 48.5 Å². The van der Waals surface area contributed by atoms with Crippen molar-refractivity contribution in [3.8, 4) is 0 Å². The summed E-state index contributed by atoms with van der Waals surface area (Å²) >= 11 is 0. The molecule has 0 saturated carbocycles. The molecule has 2 aromatic rings. The maximum absolute atomic E-state index is 12.9. The molecule has 0 radical (unpaired) electrons. The van der Waals surface area contributed by atoms with Crippen LogP contribution in [0.1, 0.15) is 29.6 Å². The average Bonchev–Trinajstić information content (AvgIpc) is 2.61. The van der Waals surface area contributed by atoms with Gasteiger partial charge in [-0.15, -0.1) is 0 Å². The summed E-state index contributed by atoms with van der Waals surface area (Å²) in [4.78, 5) is 12.9. The predicted molar refractivity (Wildman–Crippen MR) is 88.2 cm³/mol. The van der Waals surface area contributed by atoms with Gasteiger partial charge in [-0.2, -0.15) is 0 Å². The number of nitrogens with one attached hydrogen (secondary N) is 1. The highest BCUT2D eigenvalue weighted by molar-refractivity contribution is 6.02. The number of Topliss-reactive ketones (excluding diaryl/α,β-unsaturated/α-hetero) is 1. The topological polar surface area (TPSA) is 38.3 Å². The van der Waals surface area contributed by atoms with Crippen LogP contribution in [0.2, 0.25) is 0 Å². The summed E-state index contributed by atoms with van der Waals surface area (Å²) < 4.78 is 5.87. The first-order chi connectivity index (χ1) is 10.8. The van der Waals surface area contributed by atoms with Crippen LogP contribution in [0.15, 0.2) is 60.7 Å². The monoisotopic (exact) mass is 295 g/mol. The molecular formula is C19H21NO2. The molecule has 1 heterocycles. The van der Waals surface area contributed by atoms with Crippen LogP contribution in [-0.4, -0.2) is 24.5 Å². The van der Waals surface area contributed by atoms with E-state index in [0.717, 1.165) is 37.1 Å². The molecule has 114 valence electrons. The lowest BCUT2D eigenvalue weighted by Crippen LogP contribution is -2.43. The Balaban J connectivity index is 1.83. The number of carbonyl (C=O) groups excluding carboxylic acids is 1. The first-order valence-electron chi connectivity index (χ1n) is 7.87. The van der Waals surface area contributed by atoms with Crippen molar-refractivity contribution >= 4 is 11.5 Å². The van der Waals surface area contributed by atoms with Crippen molar-refractivity contribution in [2.75, 3.05) is 11.9 Å². The third-order valence-electron chi connectivity index (χ3n) is 4.02. The highest BCUT2D eigenvalue weighted by atomic mass is 16.5. The van der Waals surface area contributed by atoms with E-state index in [1.54, 1.807) is 0 Å². The van der Waals surface area contributed by atoms with Crippen molar-refractivity contribution in [1.29, 1.82) is 0 Å². The van der Waals surface area contributed by atoms with Gasteiger partial charge in [0.15, 0.2) is 5.78 Å². The van der Waals surface area contributed by atoms with E-state index in [9.17, 15) is 4.79 Å². The number of para-hydroxylation sites is 1. The summed E-state index contributed by atoms with van der Waals surface area (Å²) in [6.07, 6.45) is 3.04. The van der Waals surface area contributed by atoms with Crippen molar-refractivity contribution in [2.24, 2.45) is 0 Å². The molecular weight excluding hydrogens is 274 g/mol. The zero-order valence-electron chi connectivity index (χ0n) is 12.6. The van der Waals surface area contributed by atoms with Crippen molar-refractivity contribution in [3.63, 3.8) is 0 Å². The lowest BCUT2D eigenvalue weighted by Gasteiger charge is -2.31. The molecule has 0 aromatic heterocycles. The third kappa shape index (κ3) is 3.55. The molecule has 0 amide bonds. The van der Waals surface area contributed by atoms with Gasteiger partial charge in [0.2, 0.25) is 0 Å². The van der Waals surface area contributed by atoms with Gasteiger partial charge < -0.3 is 10.1 Å². The lowest BCUT2D eigenvalue weighted by atomic mass is 9.94. The van der Waals surface area contributed by atoms with E-state index in [1.165, 1.54) is 0 Å². The SMILES string of the molecule is O=C(c1ccccc1)C(Nc1ccccc1)C1CCCCO1. The number of hydrogen-bond acceptors (Lipinski definition) is 3. The van der Waals surface area contributed by atoms with Crippen LogP contribution in [0.5, 0.6) is 0 Å². The van der Waals surface area contributed by atoms with Gasteiger partial charge in [0.1, 0.15) is 6.04 Å². The molecule has 1 N–H and O–H groups in total. The van der Waals surface area contributed by atoms with Crippen molar-refractivity contribution in [3.05, 3.63) is 66.2 Å². The lowest BCUT2D eigenvalue weighted by molar-refractivity contribution is 0.00685. The van der Waals surface area contributed by atoms with Gasteiger partial charge in [0.25, 0.3) is 0 Å². The van der Waals surface area contributed by atoms with E-state index < -0.39 is 0 Å². The number of ether oxygens (including phenoxy) is 1. The number of benzene rings is 2. The first kappa shape index (κ1) is 14.8. The number of anilines is 1. The van der Waals surface area contributed by atoms with Gasteiger partial charge in [-0.3, -0.25) is 4.79 Å². The second-order valence-electron chi connectivity index (χ2n) is 5.62. The standard InChI is InChI=1S/C19H21NO2/c21-19(15-9-3-1-4-10-15)18(17-13-7-8-14-22-17)20-16-11-5-2-6-12-16/h1-6,9-12,17-18,20H,7-8,13-14H2. The van der Waals surface area contributed by atoms with Crippen LogP contribution in [-0.2, 0) is 4.74 Å². The van der Waals surface area contributed by atoms with Crippen molar-refractivity contribution in [2.45, 2.75) is 31.4 Å². The molecule has 0 spiro atoms. The molecule has 1 aliphatic rings. The molecule has 2 unspecified atom stereocenters. The summed E-state index contributed by atoms with van der Waals surface area (Å²) in [5, 5.41) is 3.37. The van der Waals surface area contributed by atoms with Crippen LogP contribution in [0.25, 0.3) is 0 Å². The number of carbonyl (C=O) groups is 1. The summed E-state index contributed by atoms with van der Waals surface area (Å²) in [6, 6.07) is 19.0. The Morgan fingerprint density at radius 2 is 1.68 bits per heavy atom. The van der Waals surface area contributed by atoms with E-state index in [0.29, 0.717) is 0 Å². The molecule has 22 heavy (non-hydrogen) atoms. The summed E-state index contributed by atoms with van der Waals surface area (Å²) in [5.74, 6) is 0.0938. The molecule has 0 aliphatic carbocycles. The van der Waals surface area contributed by atoms with Crippen LogP contribution in [0.3, 0.4) is 0 Å². The molecule has 1 fully saturated rings. The minimum Gasteiger partial charge on any atom is -0.376 e. The fourth-order valence-corrected chi connectivity index (χ4v) is 2.85. The predicted octanol–water partition coefficient (Wildman–Crippen LogP) is 3.92. The largest absolute Gasteiger partial charge is 0.376 e. The minimum atomic E-state index is -0.343. The zero-order valence-corrected chi connectivity index (χ0v) is 12.6. The molecule has 3 rings (SSSR count). The number of rotatable bonds is 5. The first-order valence-corrected chi connectivity index (χ1v) is 7.87. The number of ketones is 1. The van der Waals surface area contributed by atoms with E-state index in [-0.39, 0.29) is 17.9 Å². The molecule has 0 bridgehead atoms. The van der Waals surface area contributed by atoms with E-state index in [1.807, 2.05) is 60.7 Å². The summed E-state index contributed by atoms with van der Waals surface area (Å²) in [5.41, 5.74) is 1.68. The second kappa shape index (κ2) is 7.23. The Hall–Kier alpha value is -2.13. The van der Waals surface area contributed by atoms with Crippen LogP contribution >= 0.6 is 0 Å². The summed E-state index contributed by atoms with van der Waals surface area (Å²) in [6.45, 7) is 0.736. The Bertz CT molecular complexity index is 591. The van der Waals surface area contributed by atoms with Gasteiger partial charge in [0.05, 0.1) is 6.10 Å². The molecule has 2 atom stereocenters. The highest BCUT2D eigenvalue weighted by Gasteiger charge is 2.31. The summed E-state index contributed by atoms with van der Waals surface area (Å²) in [7, 11) is 0. The van der Waals surface area contributed by atoms with Gasteiger partial charge in [0, 0.05) is 17.9 Å². The smallest absolute Gasteiger partial charge is 0.187 e. The fraction of sp³-hybridized carbons (Fsp3) is 0.316. The minimum absolute atomic E-state index is 0.0679. The van der Waals surface area contributed by atoms with Gasteiger partial charge in [-0.25, -0.2) is 0 Å².